The van der Waals surface area contributed by atoms with Crippen molar-refractivity contribution in [1.29, 1.82) is 0 Å². The van der Waals surface area contributed by atoms with Crippen molar-refractivity contribution in [2.45, 2.75) is 16.9 Å². The molecule has 2 aromatic rings. The summed E-state index contributed by atoms with van der Waals surface area (Å²) in [5, 5.41) is 11.6. The van der Waals surface area contributed by atoms with Gasteiger partial charge in [0.25, 0.3) is 17.6 Å². The van der Waals surface area contributed by atoms with Crippen LogP contribution in [0, 0.1) is 0 Å². The van der Waals surface area contributed by atoms with E-state index < -0.39 is 38.9 Å². The maximum absolute atomic E-state index is 14.1. The summed E-state index contributed by atoms with van der Waals surface area (Å²) in [5.41, 5.74) is -1.32. The minimum atomic E-state index is -3.86. The third kappa shape index (κ3) is 4.22. The standard InChI is InChI=1S/C28H32N4O7S/c1-29(2)40(37,38)20-9-6-8-19(18-20)24(33)23-25(34)26(35)32(13-7-12-31-14-16-39-17-15-31)28(23)21-10-4-5-11-22(21)30(3)27(28)36/h4-6,8-11,18,33H,7,12-17H2,1-3H3/t28-/m1/s1. The number of ketones is 1. The molecule has 1 spiro atoms. The van der Waals surface area contributed by atoms with Crippen LogP contribution in [-0.4, -0.2) is 106 Å². The molecular formula is C28H32N4O7S. The van der Waals surface area contributed by atoms with Crippen LogP contribution in [0.15, 0.2) is 59.0 Å². The maximum atomic E-state index is 14.1. The number of morpholine rings is 1. The number of Topliss-reactive ketones (excluding diaryl/α,β-unsaturated/α-hetero) is 1. The zero-order chi connectivity index (χ0) is 28.8. The summed E-state index contributed by atoms with van der Waals surface area (Å²) in [4.78, 5) is 46.1. The first-order valence-electron chi connectivity index (χ1n) is 13.0. The van der Waals surface area contributed by atoms with E-state index in [9.17, 15) is 27.9 Å². The number of amides is 2. The van der Waals surface area contributed by atoms with E-state index in [0.29, 0.717) is 37.4 Å². The van der Waals surface area contributed by atoms with Crippen LogP contribution in [0.2, 0.25) is 0 Å². The second-order valence-corrected chi connectivity index (χ2v) is 12.4. The number of hydrogen-bond acceptors (Lipinski definition) is 8. The number of nitrogens with zero attached hydrogens (tertiary/aromatic N) is 4. The van der Waals surface area contributed by atoms with Crippen LogP contribution in [0.25, 0.3) is 5.76 Å². The number of likely N-dealkylation sites (tertiary alicyclic amines) is 1. The SMILES string of the molecule is CN1C(=O)[C@]2(C(=C(O)c3cccc(S(=O)(=O)N(C)C)c3)C(=O)C(=O)N2CCCN2CCOCC2)c2ccccc21. The monoisotopic (exact) mass is 568 g/mol. The summed E-state index contributed by atoms with van der Waals surface area (Å²) in [6, 6.07) is 12.4. The first-order valence-corrected chi connectivity index (χ1v) is 14.5. The molecule has 212 valence electrons. The van der Waals surface area contributed by atoms with Crippen LogP contribution in [0.4, 0.5) is 5.69 Å². The van der Waals surface area contributed by atoms with Gasteiger partial charge in [0.2, 0.25) is 10.0 Å². The summed E-state index contributed by atoms with van der Waals surface area (Å²) < 4.78 is 32.0. The number of aliphatic hydroxyl groups is 1. The molecular weight excluding hydrogens is 536 g/mol. The predicted octanol–water partition coefficient (Wildman–Crippen LogP) is 1.21. The molecule has 0 saturated carbocycles. The van der Waals surface area contributed by atoms with Crippen LogP contribution < -0.4 is 4.90 Å². The zero-order valence-corrected chi connectivity index (χ0v) is 23.5. The Hall–Kier alpha value is -3.58. The van der Waals surface area contributed by atoms with E-state index in [1.807, 2.05) is 0 Å². The molecule has 5 rings (SSSR count). The third-order valence-corrected chi connectivity index (χ3v) is 9.60. The summed E-state index contributed by atoms with van der Waals surface area (Å²) in [7, 11) is 0.467. The van der Waals surface area contributed by atoms with Crippen molar-refractivity contribution in [3.63, 3.8) is 0 Å². The average molecular weight is 569 g/mol. The van der Waals surface area contributed by atoms with Crippen LogP contribution in [0.3, 0.4) is 0 Å². The molecule has 2 amide bonds. The summed E-state index contributed by atoms with van der Waals surface area (Å²) in [6.45, 7) is 3.47. The van der Waals surface area contributed by atoms with E-state index in [0.717, 1.165) is 17.4 Å². The maximum Gasteiger partial charge on any atom is 0.296 e. The van der Waals surface area contributed by atoms with Gasteiger partial charge in [0, 0.05) is 64.1 Å². The van der Waals surface area contributed by atoms with E-state index in [4.69, 9.17) is 4.74 Å². The molecule has 0 aromatic heterocycles. The van der Waals surface area contributed by atoms with Crippen molar-refractivity contribution in [3.05, 3.63) is 65.2 Å². The topological polar surface area (TPSA) is 128 Å². The number of likely N-dealkylation sites (N-methyl/N-ethyl adjacent to an activating group) is 1. The van der Waals surface area contributed by atoms with Crippen molar-refractivity contribution in [1.82, 2.24) is 14.1 Å². The van der Waals surface area contributed by atoms with Gasteiger partial charge >= 0.3 is 0 Å². The number of anilines is 1. The normalized spacial score (nSPS) is 23.1. The van der Waals surface area contributed by atoms with Crippen molar-refractivity contribution in [2.24, 2.45) is 0 Å². The Morgan fingerprint density at radius 1 is 1.02 bits per heavy atom. The lowest BCUT2D eigenvalue weighted by Gasteiger charge is -2.35. The Balaban J connectivity index is 1.66. The number of benzene rings is 2. The van der Waals surface area contributed by atoms with Crippen molar-refractivity contribution < 1.29 is 32.6 Å². The van der Waals surface area contributed by atoms with E-state index in [1.54, 1.807) is 31.3 Å². The van der Waals surface area contributed by atoms with Gasteiger partial charge < -0.3 is 19.6 Å². The fraction of sp³-hybridized carbons (Fsp3) is 0.393. The number of ether oxygens (including phenoxy) is 1. The molecule has 3 heterocycles. The molecule has 3 aliphatic rings. The first kappa shape index (κ1) is 28.0. The van der Waals surface area contributed by atoms with Crippen LogP contribution in [0.1, 0.15) is 17.5 Å². The number of fused-ring (bicyclic) bond motifs is 2. The highest BCUT2D eigenvalue weighted by Gasteiger charge is 2.66. The molecule has 0 bridgehead atoms. The van der Waals surface area contributed by atoms with Gasteiger partial charge in [-0.25, -0.2) is 12.7 Å². The van der Waals surface area contributed by atoms with E-state index in [1.165, 1.54) is 48.2 Å². The number of carbonyl (C=O) groups excluding carboxylic acids is 3. The van der Waals surface area contributed by atoms with Gasteiger partial charge in [0.05, 0.1) is 23.7 Å². The van der Waals surface area contributed by atoms with E-state index in [2.05, 4.69) is 4.90 Å². The van der Waals surface area contributed by atoms with Gasteiger partial charge in [-0.1, -0.05) is 30.3 Å². The highest BCUT2D eigenvalue weighted by molar-refractivity contribution is 7.89. The average Bonchev–Trinajstić information content (AvgIpc) is 3.31. The summed E-state index contributed by atoms with van der Waals surface area (Å²) in [5.74, 6) is -3.04. The molecule has 0 unspecified atom stereocenters. The second-order valence-electron chi connectivity index (χ2n) is 10.2. The highest BCUT2D eigenvalue weighted by Crippen LogP contribution is 2.53. The van der Waals surface area contributed by atoms with Crippen molar-refractivity contribution in [2.75, 3.05) is 65.4 Å². The lowest BCUT2D eigenvalue weighted by molar-refractivity contribution is -0.143. The Morgan fingerprint density at radius 2 is 1.73 bits per heavy atom. The quantitative estimate of drug-likeness (QED) is 0.300. The molecule has 40 heavy (non-hydrogen) atoms. The lowest BCUT2D eigenvalue weighted by Crippen LogP contribution is -2.52. The van der Waals surface area contributed by atoms with E-state index in [-0.39, 0.29) is 22.6 Å². The third-order valence-electron chi connectivity index (χ3n) is 7.79. The molecule has 1 atom stereocenters. The number of para-hydroxylation sites is 1. The number of sulfonamides is 1. The first-order chi connectivity index (χ1) is 19.0. The van der Waals surface area contributed by atoms with Crippen LogP contribution in [0.5, 0.6) is 0 Å². The Labute approximate surface area is 233 Å². The second kappa shape index (κ2) is 10.4. The number of hydrogen-bond donors (Lipinski definition) is 1. The fourth-order valence-corrected chi connectivity index (χ4v) is 6.66. The zero-order valence-electron chi connectivity index (χ0n) is 22.7. The predicted molar refractivity (Wildman–Crippen MR) is 147 cm³/mol. The number of rotatable bonds is 7. The number of carbonyl (C=O) groups is 3. The number of aliphatic hydroxyl groups excluding tert-OH is 1. The minimum Gasteiger partial charge on any atom is -0.507 e. The van der Waals surface area contributed by atoms with Crippen LogP contribution in [-0.2, 0) is 34.7 Å². The van der Waals surface area contributed by atoms with Crippen molar-refractivity contribution in [3.8, 4) is 0 Å². The minimum absolute atomic E-state index is 0.00782. The Morgan fingerprint density at radius 3 is 2.42 bits per heavy atom. The van der Waals surface area contributed by atoms with E-state index >= 15 is 0 Å². The Kier molecular flexibility index (Phi) is 7.29. The molecule has 3 aliphatic heterocycles. The summed E-state index contributed by atoms with van der Waals surface area (Å²) >= 11 is 0. The molecule has 2 aromatic carbocycles. The Bertz CT molecular complexity index is 1510. The van der Waals surface area contributed by atoms with Gasteiger partial charge in [-0.05, 0) is 24.6 Å². The summed E-state index contributed by atoms with van der Waals surface area (Å²) in [6.07, 6.45) is 0.491. The molecule has 11 nitrogen and oxygen atoms in total. The van der Waals surface area contributed by atoms with Gasteiger partial charge in [-0.3, -0.25) is 19.3 Å². The molecule has 0 aliphatic carbocycles. The fourth-order valence-electron chi connectivity index (χ4n) is 5.71. The van der Waals surface area contributed by atoms with Crippen LogP contribution >= 0.6 is 0 Å². The highest BCUT2D eigenvalue weighted by atomic mass is 32.2. The van der Waals surface area contributed by atoms with Crippen molar-refractivity contribution >= 4 is 39.1 Å². The lowest BCUT2D eigenvalue weighted by atomic mass is 9.82. The van der Waals surface area contributed by atoms with Gasteiger partial charge in [-0.2, -0.15) is 0 Å². The molecule has 12 heteroatoms. The van der Waals surface area contributed by atoms with Gasteiger partial charge in [0.1, 0.15) is 5.76 Å². The van der Waals surface area contributed by atoms with Gasteiger partial charge in [-0.15, -0.1) is 0 Å². The van der Waals surface area contributed by atoms with Gasteiger partial charge in [0.15, 0.2) is 5.54 Å². The molecule has 1 N–H and O–H groups in total. The molecule has 0 radical (unpaired) electrons. The largest absolute Gasteiger partial charge is 0.507 e. The smallest absolute Gasteiger partial charge is 0.296 e. The molecule has 2 fully saturated rings. The molecule has 2 saturated heterocycles.